The third-order valence-corrected chi connectivity index (χ3v) is 35.6. The molecule has 1 heterocycles. The first-order chi connectivity index (χ1) is 68.3. The van der Waals surface area contributed by atoms with Crippen LogP contribution in [0.1, 0.15) is 393 Å². The van der Waals surface area contributed by atoms with Crippen molar-refractivity contribution in [2.75, 3.05) is 66.9 Å². The summed E-state index contributed by atoms with van der Waals surface area (Å²) in [5.74, 6) is 6.69. The smallest absolute Gasteiger partial charge is 0.367 e. The quantitative estimate of drug-likeness (QED) is 0.0137. The largest absolute Gasteiger partial charge is 0.481 e. The molecule has 0 aromatic heterocycles. The molecular weight excluding hydrogens is 1850 g/mol. The van der Waals surface area contributed by atoms with Crippen LogP contribution in [0.5, 0.6) is 0 Å². The maximum absolute atomic E-state index is 12.2. The number of aliphatic carboxylic acids is 1. The Kier molecular flexibility index (Phi) is 58.2. The van der Waals surface area contributed by atoms with Crippen molar-refractivity contribution in [2.24, 2.45) is 59.2 Å². The molecule has 0 spiro atoms. The normalized spacial score (nSPS) is 20.5. The van der Waals surface area contributed by atoms with Crippen molar-refractivity contribution in [3.05, 3.63) is 119 Å². The van der Waals surface area contributed by atoms with Crippen LogP contribution in [0.4, 0.5) is 22.7 Å². The van der Waals surface area contributed by atoms with Crippen molar-refractivity contribution in [1.29, 1.82) is 0 Å². The number of carbonyl (C=O) groups is 6. The molecule has 10 saturated carbocycles. The summed E-state index contributed by atoms with van der Waals surface area (Å²) < 4.78 is 68.5. The first-order valence-corrected chi connectivity index (χ1v) is 60.8. The van der Waals surface area contributed by atoms with Gasteiger partial charge in [0.15, 0.2) is 0 Å². The van der Waals surface area contributed by atoms with Crippen molar-refractivity contribution < 1.29 is 80.8 Å². The minimum atomic E-state index is -3.44. The molecule has 782 valence electrons. The molecule has 4 atom stereocenters. The summed E-state index contributed by atoms with van der Waals surface area (Å²) in [6.07, 6.45) is 95.0. The summed E-state index contributed by atoms with van der Waals surface area (Å²) >= 11 is 0. The molecule has 0 bridgehead atoms. The Morgan fingerprint density at radius 3 is 0.816 bits per heavy atom. The average molecular weight is 2030 g/mol. The number of hydrogen-bond donors (Lipinski definition) is 8. The standard InChI is InChI=1S/C19H27N2O3P.C15H15N2O6P.C12H15N2O3P.C12H17N2O2P.4C12H22.C7H12O2/c1-3-24-25(23,4-2)21-18-12-10-16(11-13-18)14-15-20-19(22)17-8-6-5-7-9-17;1-3-22-24(21,4-2)16-12-7-5-11(6-8-12)15(20)23-17-13(18)9-10-14(17)19;1-4-17-18(16,5-2)14-11-8-6-10(7-9-11)12(15)13-3;1-3-16-17(15,4-2)14-12-7-5-11(6-8-12)9-10-13;4*1-3-7-11(8-4-1)12-9-5-2-6-10-12;8-7(9)6-4-2-1-3-5-6/h2,10-13,17H,3,5-9,14-15H2,1H3,(H,20,22)(H,21,23);2,5-8H,3,9-10H2,1H3,(H,16,21);2,6-9H,4H2,1,3H3,(H,13,15)(H,14,16);2,5-8H,3,9-10,13H2,1H3,(H,14,15);4*11-12H,1-10H2;6H,1-5H2,(H,8,9)/p+1. The fourth-order valence-electron chi connectivity index (χ4n) is 21.9. The van der Waals surface area contributed by atoms with Crippen LogP contribution in [0.15, 0.2) is 97.1 Å². The lowest BCUT2D eigenvalue weighted by atomic mass is 9.73. The van der Waals surface area contributed by atoms with E-state index in [-0.39, 0.29) is 61.9 Å². The van der Waals surface area contributed by atoms with Crippen molar-refractivity contribution in [2.45, 2.75) is 374 Å². The number of terminal acetylenes is 4. The Labute approximate surface area is 847 Å². The Morgan fingerprint density at radius 2 is 0.589 bits per heavy atom. The van der Waals surface area contributed by atoms with Crippen LogP contribution < -0.4 is 36.7 Å². The van der Waals surface area contributed by atoms with E-state index in [2.05, 4.69) is 59.4 Å². The summed E-state index contributed by atoms with van der Waals surface area (Å²) in [6.45, 7) is 9.38. The molecule has 11 aliphatic rings. The van der Waals surface area contributed by atoms with Crippen LogP contribution in [0.25, 0.3) is 0 Å². The van der Waals surface area contributed by atoms with Crippen molar-refractivity contribution in [1.82, 2.24) is 15.7 Å². The number of quaternary nitrogens is 1. The van der Waals surface area contributed by atoms with Crippen molar-refractivity contribution >= 4 is 88.4 Å². The summed E-state index contributed by atoms with van der Waals surface area (Å²) in [6, 6.07) is 27.2. The lowest BCUT2D eigenvalue weighted by Crippen LogP contribution is -2.51. The number of nitrogens with zero attached hydrogens (tertiary/aromatic N) is 1. The monoisotopic (exact) mass is 2020 g/mol. The van der Waals surface area contributed by atoms with Crippen LogP contribution in [-0.2, 0) is 73.2 Å². The molecule has 1 saturated heterocycles. The number of nitrogens with one attached hydrogen (secondary N) is 6. The van der Waals surface area contributed by atoms with Crippen LogP contribution in [0.3, 0.4) is 0 Å². The lowest BCUT2D eigenvalue weighted by Gasteiger charge is -2.32. The van der Waals surface area contributed by atoms with Gasteiger partial charge < -0.3 is 64.8 Å². The number of carboxylic acid groups (broad SMARTS) is 1. The fraction of sp³-hybridized carbons (Fsp3) is 0.664. The summed E-state index contributed by atoms with van der Waals surface area (Å²) in [5, 5.41) is 25.3. The second-order valence-electron chi connectivity index (χ2n) is 39.8. The Balaban J connectivity index is 0.000000219. The van der Waals surface area contributed by atoms with Crippen LogP contribution in [-0.4, -0.2) is 92.3 Å². The van der Waals surface area contributed by atoms with E-state index in [0.29, 0.717) is 46.5 Å². The molecule has 24 nitrogen and oxygen atoms in total. The van der Waals surface area contributed by atoms with E-state index < -0.39 is 53.8 Å². The van der Waals surface area contributed by atoms with Crippen molar-refractivity contribution in [3.63, 3.8) is 0 Å². The van der Waals surface area contributed by atoms with E-state index in [1.165, 1.54) is 197 Å². The Hall–Kier alpha value is -7.94. The van der Waals surface area contributed by atoms with Crippen molar-refractivity contribution in [3.8, 4) is 48.3 Å². The highest BCUT2D eigenvalue weighted by Crippen LogP contribution is 2.50. The predicted molar refractivity (Wildman–Crippen MR) is 574 cm³/mol. The maximum Gasteiger partial charge on any atom is 0.367 e. The number of rotatable bonds is 30. The van der Waals surface area contributed by atoms with Gasteiger partial charge in [-0.2, -0.15) is 0 Å². The molecule has 4 aromatic rings. The molecule has 11 fully saturated rings. The maximum atomic E-state index is 12.2. The molecule has 141 heavy (non-hydrogen) atoms. The number of benzene rings is 4. The van der Waals surface area contributed by atoms with E-state index in [1.54, 1.807) is 162 Å². The molecule has 0 radical (unpaired) electrons. The molecule has 10 N–H and O–H groups in total. The molecule has 1 aliphatic heterocycles. The zero-order chi connectivity index (χ0) is 102. The van der Waals surface area contributed by atoms with Gasteiger partial charge in [0.1, 0.15) is 0 Å². The second kappa shape index (κ2) is 68.4. The minimum Gasteiger partial charge on any atom is -0.481 e. The third kappa shape index (κ3) is 46.1. The van der Waals surface area contributed by atoms with Gasteiger partial charge in [-0.1, -0.05) is 320 Å². The first kappa shape index (κ1) is 120. The zero-order valence-corrected chi connectivity index (χ0v) is 89.8. The van der Waals surface area contributed by atoms with Crippen LogP contribution >= 0.6 is 30.1 Å². The minimum absolute atomic E-state index is 0.0216. The SMILES string of the molecule is C#CP(=O)(Nc1ccc(C(=O)NC)cc1)OCC.C#CP(=O)(Nc1ccc(C(=O)ON2C(=O)CCC2=O)cc1)OCC.C#CP(=O)(Nc1ccc(CCNC(=O)C2CCCCC2)cc1)OCC.C#CP(=O)(Nc1ccc(CC[NH3+])cc1)OCC.C1CCC(C2CCCCC2)CC1.C1CCC(C2CCCCC2)CC1.C1CCC(C2CCCCC2)CC1.C1CCC(C2CCCCC2)CC1.O=C(O)C1CCCCC1. The van der Waals surface area contributed by atoms with Gasteiger partial charge in [-0.05, 0) is 191 Å². The third-order valence-electron chi connectivity index (χ3n) is 29.6. The van der Waals surface area contributed by atoms with E-state index in [0.717, 1.165) is 124 Å². The molecule has 4 unspecified atom stereocenters. The fourth-order valence-corrected chi connectivity index (χ4v) is 26.1. The van der Waals surface area contributed by atoms with E-state index in [9.17, 15) is 47.0 Å². The number of anilines is 4. The first-order valence-electron chi connectivity index (χ1n) is 54.3. The number of hydroxylamine groups is 2. The number of carbonyl (C=O) groups excluding carboxylic acids is 5. The Bertz CT molecular complexity index is 4420. The highest BCUT2D eigenvalue weighted by Gasteiger charge is 2.35. The predicted octanol–water partition coefficient (Wildman–Crippen LogP) is 28.5. The second-order valence-corrected chi connectivity index (χ2v) is 47.1. The summed E-state index contributed by atoms with van der Waals surface area (Å²) in [7, 11) is -11.6. The van der Waals surface area contributed by atoms with Gasteiger partial charge in [-0.3, -0.25) is 42.2 Å². The molecule has 28 heteroatoms. The topological polar surface area (TPSA) is 340 Å². The average Bonchev–Trinajstić information content (AvgIpc) is 1.49. The van der Waals surface area contributed by atoms with Gasteiger partial charge in [0.25, 0.3) is 17.7 Å². The lowest BCUT2D eigenvalue weighted by molar-refractivity contribution is -0.366. The molecule has 4 amide bonds. The number of carboxylic acids is 1. The highest BCUT2D eigenvalue weighted by atomic mass is 31.2. The molecular formula is C113H175N8O16P4+. The van der Waals surface area contributed by atoms with Crippen LogP contribution in [0.2, 0.25) is 0 Å². The molecule has 10 aliphatic carbocycles. The molecule has 4 aromatic carbocycles. The van der Waals surface area contributed by atoms with Gasteiger partial charge in [0.2, 0.25) is 5.91 Å². The summed E-state index contributed by atoms with van der Waals surface area (Å²) in [4.78, 5) is 73.3. The molecule has 15 rings (SSSR count). The highest BCUT2D eigenvalue weighted by molar-refractivity contribution is 7.66. The number of imide groups is 1. The van der Waals surface area contributed by atoms with E-state index in [4.69, 9.17) is 53.7 Å². The van der Waals surface area contributed by atoms with Gasteiger partial charge >= 0.3 is 42.0 Å². The van der Waals surface area contributed by atoms with E-state index >= 15 is 0 Å². The van der Waals surface area contributed by atoms with Gasteiger partial charge in [-0.15, -0.1) is 30.8 Å². The number of amides is 4. The summed E-state index contributed by atoms with van der Waals surface area (Å²) in [5.41, 5.74) is 17.6. The Morgan fingerprint density at radius 1 is 0.355 bits per heavy atom. The van der Waals surface area contributed by atoms with E-state index in [1.807, 2.05) is 48.5 Å². The van der Waals surface area contributed by atoms with Gasteiger partial charge in [0.05, 0.1) is 44.5 Å². The zero-order valence-electron chi connectivity index (χ0n) is 86.3. The van der Waals surface area contributed by atoms with Gasteiger partial charge in [-0.25, -0.2) is 4.79 Å². The number of hydrogen-bond acceptors (Lipinski definition) is 15. The van der Waals surface area contributed by atoms with Gasteiger partial charge in [0, 0.05) is 89.7 Å². The van der Waals surface area contributed by atoms with Crippen LogP contribution in [0, 0.1) is 108 Å².